The third-order valence-electron chi connectivity index (χ3n) is 8.50. The highest BCUT2D eigenvalue weighted by Gasteiger charge is 2.32. The quantitative estimate of drug-likeness (QED) is 0.0674. The molecule has 1 fully saturated rings. The van der Waals surface area contributed by atoms with Crippen molar-refractivity contribution in [2.45, 2.75) is 69.1 Å². The van der Waals surface area contributed by atoms with Gasteiger partial charge in [0.15, 0.2) is 5.96 Å². The van der Waals surface area contributed by atoms with Crippen LogP contribution in [0.3, 0.4) is 0 Å². The van der Waals surface area contributed by atoms with Crippen molar-refractivity contribution >= 4 is 46.3 Å². The minimum absolute atomic E-state index is 0.0288. The van der Waals surface area contributed by atoms with Crippen molar-refractivity contribution in [3.05, 3.63) is 77.9 Å². The monoisotopic (exact) mass is 701 g/mol. The maximum Gasteiger partial charge on any atom is 0.243 e. The lowest BCUT2D eigenvalue weighted by atomic mass is 10.0. The number of nitrogens with one attached hydrogen (secondary N) is 5. The van der Waals surface area contributed by atoms with Gasteiger partial charge in [0, 0.05) is 19.4 Å². The normalized spacial score (nSPS) is 20.5. The van der Waals surface area contributed by atoms with Crippen molar-refractivity contribution < 1.29 is 29.1 Å². The summed E-state index contributed by atoms with van der Waals surface area (Å²) in [6, 6.07) is 15.1. The van der Waals surface area contributed by atoms with Gasteiger partial charge in [-0.2, -0.15) is 0 Å². The molecule has 4 atom stereocenters. The summed E-state index contributed by atoms with van der Waals surface area (Å²) in [6.07, 6.45) is 1.84. The average Bonchev–Trinajstić information content (AvgIpc) is 3.11. The second-order valence-corrected chi connectivity index (χ2v) is 12.5. The molecule has 3 aromatic rings. The Morgan fingerprint density at radius 3 is 1.90 bits per heavy atom. The molecule has 0 aromatic heterocycles. The number of phenols is 1. The van der Waals surface area contributed by atoms with E-state index in [0.717, 1.165) is 16.3 Å². The molecular formula is C36H47N9O6. The molecule has 1 saturated heterocycles. The molecule has 51 heavy (non-hydrogen) atoms. The number of benzene rings is 3. The van der Waals surface area contributed by atoms with Gasteiger partial charge >= 0.3 is 0 Å². The van der Waals surface area contributed by atoms with Gasteiger partial charge in [-0.3, -0.25) is 29.0 Å². The van der Waals surface area contributed by atoms with Gasteiger partial charge in [0.1, 0.15) is 29.9 Å². The zero-order valence-electron chi connectivity index (χ0n) is 28.4. The van der Waals surface area contributed by atoms with Crippen LogP contribution in [0.2, 0.25) is 0 Å². The number of aromatic hydroxyl groups is 1. The molecule has 0 radical (unpaired) electrons. The molecule has 3 aromatic carbocycles. The van der Waals surface area contributed by atoms with E-state index in [4.69, 9.17) is 17.2 Å². The van der Waals surface area contributed by atoms with E-state index in [1.54, 1.807) is 12.1 Å². The Labute approximate surface area is 296 Å². The van der Waals surface area contributed by atoms with Crippen LogP contribution in [0.5, 0.6) is 5.75 Å². The molecule has 0 saturated carbocycles. The molecule has 1 heterocycles. The Hall–Kier alpha value is -5.70. The number of hydrogen-bond donors (Lipinski definition) is 9. The molecule has 0 spiro atoms. The van der Waals surface area contributed by atoms with E-state index in [-0.39, 0.29) is 43.9 Å². The first-order valence-electron chi connectivity index (χ1n) is 17.0. The van der Waals surface area contributed by atoms with Crippen LogP contribution >= 0.6 is 0 Å². The fourth-order valence-corrected chi connectivity index (χ4v) is 5.77. The Morgan fingerprint density at radius 2 is 1.24 bits per heavy atom. The molecule has 1 aliphatic rings. The zero-order chi connectivity index (χ0) is 36.8. The van der Waals surface area contributed by atoms with E-state index >= 15 is 0 Å². The third kappa shape index (κ3) is 12.0. The smallest absolute Gasteiger partial charge is 0.243 e. The van der Waals surface area contributed by atoms with Gasteiger partial charge in [0.25, 0.3) is 0 Å². The molecule has 0 aliphatic carbocycles. The fraction of sp³-hybridized carbons (Fsp3) is 0.389. The van der Waals surface area contributed by atoms with Crippen molar-refractivity contribution in [2.75, 3.05) is 19.6 Å². The van der Waals surface area contributed by atoms with Gasteiger partial charge in [0.05, 0.1) is 6.54 Å². The number of guanidine groups is 1. The van der Waals surface area contributed by atoms with Crippen molar-refractivity contribution in [2.24, 2.45) is 22.2 Å². The lowest BCUT2D eigenvalue weighted by Gasteiger charge is -2.26. The van der Waals surface area contributed by atoms with Gasteiger partial charge in [-0.05, 0) is 72.7 Å². The number of aliphatic imine (C=N–C) groups is 1. The number of phenolic OH excluding ortho intramolecular Hbond substituents is 1. The van der Waals surface area contributed by atoms with Gasteiger partial charge in [-0.15, -0.1) is 0 Å². The first kappa shape index (κ1) is 38.1. The second-order valence-electron chi connectivity index (χ2n) is 12.5. The van der Waals surface area contributed by atoms with Crippen molar-refractivity contribution in [3.8, 4) is 5.75 Å². The minimum Gasteiger partial charge on any atom is -0.508 e. The predicted octanol–water partition coefficient (Wildman–Crippen LogP) is -0.418. The SMILES string of the molecule is NCCCC[C@H]1NC(=O)[C@@H](Cc2ccc(O)cc2)NC(=O)CNC(=O)[C@H](Cc2ccc3ccccc3c2)NC(=O)[C@H](CCCN=C(N)N)NC1=O. The summed E-state index contributed by atoms with van der Waals surface area (Å²) in [7, 11) is 0. The van der Waals surface area contributed by atoms with E-state index in [2.05, 4.69) is 31.6 Å². The molecule has 0 unspecified atom stereocenters. The van der Waals surface area contributed by atoms with Crippen LogP contribution in [0.25, 0.3) is 10.8 Å². The van der Waals surface area contributed by atoms with Crippen LogP contribution in [-0.2, 0) is 36.8 Å². The van der Waals surface area contributed by atoms with Crippen LogP contribution in [0, 0.1) is 0 Å². The highest BCUT2D eigenvalue weighted by molar-refractivity contribution is 5.97. The number of amides is 5. The van der Waals surface area contributed by atoms with Crippen molar-refractivity contribution in [1.82, 2.24) is 26.6 Å². The van der Waals surface area contributed by atoms with E-state index in [1.165, 1.54) is 12.1 Å². The standard InChI is InChI=1S/C36H47N9O6/c37-16-4-3-8-27-33(49)43-28(9-5-17-40-36(38)39)34(50)45-29(20-23-10-13-24-6-1-2-7-25(24)18-23)32(48)41-21-31(47)42-30(35(51)44-27)19-22-11-14-26(46)15-12-22/h1-2,6-7,10-15,18,27-30,46H,3-5,8-9,16-17,19-21,37H2,(H,41,48)(H,42,47)(H,43,49)(H,44,51)(H,45,50)(H4,38,39,40)/t27-,28+,29+,30-/m1/s1. The third-order valence-corrected chi connectivity index (χ3v) is 8.50. The second kappa shape index (κ2) is 18.9. The summed E-state index contributed by atoms with van der Waals surface area (Å²) >= 11 is 0. The first-order chi connectivity index (χ1) is 24.5. The molecule has 5 amide bonds. The largest absolute Gasteiger partial charge is 0.508 e. The summed E-state index contributed by atoms with van der Waals surface area (Å²) in [5.41, 5.74) is 18.0. The van der Waals surface area contributed by atoms with Crippen LogP contribution in [0.15, 0.2) is 71.7 Å². The van der Waals surface area contributed by atoms with Crippen LogP contribution < -0.4 is 43.8 Å². The lowest BCUT2D eigenvalue weighted by Crippen LogP contribution is -2.58. The number of carbonyl (C=O) groups is 5. The lowest BCUT2D eigenvalue weighted by molar-refractivity contribution is -0.134. The number of hydrogen-bond acceptors (Lipinski definition) is 8. The molecular weight excluding hydrogens is 654 g/mol. The number of rotatable bonds is 12. The molecule has 15 nitrogen and oxygen atoms in total. The minimum atomic E-state index is -1.14. The predicted molar refractivity (Wildman–Crippen MR) is 193 cm³/mol. The molecule has 15 heteroatoms. The topological polar surface area (TPSA) is 256 Å². The van der Waals surface area contributed by atoms with Gasteiger partial charge in [0.2, 0.25) is 29.5 Å². The van der Waals surface area contributed by atoms with E-state index in [0.29, 0.717) is 31.4 Å². The number of fused-ring (bicyclic) bond motifs is 1. The number of unbranched alkanes of at least 4 members (excludes halogenated alkanes) is 1. The summed E-state index contributed by atoms with van der Waals surface area (Å²) in [4.78, 5) is 72.2. The molecule has 1 aliphatic heterocycles. The van der Waals surface area contributed by atoms with Gasteiger partial charge in [-0.25, -0.2) is 0 Å². The fourth-order valence-electron chi connectivity index (χ4n) is 5.77. The number of nitrogens with two attached hydrogens (primary N) is 3. The molecule has 272 valence electrons. The van der Waals surface area contributed by atoms with Crippen LogP contribution in [-0.4, -0.2) is 84.4 Å². The maximum absolute atomic E-state index is 13.9. The average molecular weight is 702 g/mol. The zero-order valence-corrected chi connectivity index (χ0v) is 28.4. The summed E-state index contributed by atoms with van der Waals surface area (Å²) in [6.45, 7) is 0.0744. The summed E-state index contributed by atoms with van der Waals surface area (Å²) in [5.74, 6) is -3.28. The Bertz CT molecular complexity index is 1710. The first-order valence-corrected chi connectivity index (χ1v) is 17.0. The van der Waals surface area contributed by atoms with Gasteiger partial charge < -0.3 is 48.9 Å². The number of nitrogens with zero attached hydrogens (tertiary/aromatic N) is 1. The van der Waals surface area contributed by atoms with E-state index in [1.807, 2.05) is 42.5 Å². The van der Waals surface area contributed by atoms with Crippen LogP contribution in [0.1, 0.15) is 43.2 Å². The Kier molecular flexibility index (Phi) is 14.1. The van der Waals surface area contributed by atoms with E-state index < -0.39 is 60.2 Å². The number of carbonyl (C=O) groups excluding carboxylic acids is 5. The highest BCUT2D eigenvalue weighted by atomic mass is 16.3. The van der Waals surface area contributed by atoms with Gasteiger partial charge in [-0.1, -0.05) is 54.6 Å². The highest BCUT2D eigenvalue weighted by Crippen LogP contribution is 2.17. The molecule has 0 bridgehead atoms. The maximum atomic E-state index is 13.9. The van der Waals surface area contributed by atoms with Crippen molar-refractivity contribution in [1.29, 1.82) is 0 Å². The Balaban J connectivity index is 1.67. The Morgan fingerprint density at radius 1 is 0.667 bits per heavy atom. The van der Waals surface area contributed by atoms with Crippen LogP contribution in [0.4, 0.5) is 0 Å². The molecule has 12 N–H and O–H groups in total. The summed E-state index contributed by atoms with van der Waals surface area (Å²) < 4.78 is 0. The molecule has 4 rings (SSSR count). The van der Waals surface area contributed by atoms with E-state index in [9.17, 15) is 29.1 Å². The summed E-state index contributed by atoms with van der Waals surface area (Å²) in [5, 5.41) is 25.2. The van der Waals surface area contributed by atoms with Crippen molar-refractivity contribution in [3.63, 3.8) is 0 Å².